The third-order valence-corrected chi connectivity index (χ3v) is 7.22. The fourth-order valence-electron chi connectivity index (χ4n) is 5.20. The zero-order chi connectivity index (χ0) is 23.2. The number of aromatic nitrogens is 2. The van der Waals surface area contributed by atoms with Crippen LogP contribution >= 0.6 is 0 Å². The first-order valence-corrected chi connectivity index (χ1v) is 12.5. The Labute approximate surface area is 201 Å². The van der Waals surface area contributed by atoms with Crippen molar-refractivity contribution in [2.24, 2.45) is 0 Å². The molecule has 0 aliphatic carbocycles. The second-order valence-corrected chi connectivity index (χ2v) is 9.60. The molecule has 1 aromatic heterocycles. The second-order valence-electron chi connectivity index (χ2n) is 9.60. The van der Waals surface area contributed by atoms with Crippen LogP contribution in [0.2, 0.25) is 0 Å². The van der Waals surface area contributed by atoms with E-state index in [-0.39, 0.29) is 18.1 Å². The topological polar surface area (TPSA) is 71.0 Å². The van der Waals surface area contributed by atoms with Crippen LogP contribution in [0, 0.1) is 0 Å². The lowest BCUT2D eigenvalue weighted by Crippen LogP contribution is -2.55. The highest BCUT2D eigenvalue weighted by Gasteiger charge is 2.40. The van der Waals surface area contributed by atoms with E-state index in [9.17, 15) is 4.79 Å². The van der Waals surface area contributed by atoms with Crippen LogP contribution in [0.25, 0.3) is 0 Å². The number of carbonyl (C=O) groups is 1. The van der Waals surface area contributed by atoms with Gasteiger partial charge in [0.25, 0.3) is 0 Å². The summed E-state index contributed by atoms with van der Waals surface area (Å²) in [4.78, 5) is 28.6. The summed E-state index contributed by atoms with van der Waals surface area (Å²) >= 11 is 0. The Morgan fingerprint density at radius 3 is 2.71 bits per heavy atom. The molecule has 182 valence electrons. The van der Waals surface area contributed by atoms with E-state index in [1.54, 1.807) is 0 Å². The Bertz CT molecular complexity index is 952. The Hall–Kier alpha value is -2.55. The molecule has 0 bridgehead atoms. The van der Waals surface area contributed by atoms with Crippen LogP contribution in [0.4, 0.5) is 5.95 Å². The van der Waals surface area contributed by atoms with Gasteiger partial charge in [-0.3, -0.25) is 9.69 Å². The van der Waals surface area contributed by atoms with E-state index in [1.807, 2.05) is 23.2 Å². The number of benzene rings is 1. The maximum absolute atomic E-state index is 12.6. The van der Waals surface area contributed by atoms with E-state index in [1.165, 1.54) is 5.56 Å². The van der Waals surface area contributed by atoms with E-state index in [4.69, 9.17) is 14.5 Å². The van der Waals surface area contributed by atoms with Crippen molar-refractivity contribution >= 4 is 11.9 Å². The molecule has 3 fully saturated rings. The predicted octanol–water partition coefficient (Wildman–Crippen LogP) is 2.14. The molecule has 0 saturated carbocycles. The summed E-state index contributed by atoms with van der Waals surface area (Å²) in [6.45, 7) is 7.55. The first kappa shape index (κ1) is 23.2. The first-order chi connectivity index (χ1) is 16.7. The summed E-state index contributed by atoms with van der Waals surface area (Å²) in [6.07, 6.45) is 5.73. The molecule has 3 aliphatic rings. The lowest BCUT2D eigenvalue weighted by molar-refractivity contribution is -0.165. The van der Waals surface area contributed by atoms with Gasteiger partial charge in [-0.2, -0.15) is 0 Å². The maximum Gasteiger partial charge on any atom is 0.248 e. The van der Waals surface area contributed by atoms with Gasteiger partial charge in [-0.15, -0.1) is 0 Å². The van der Waals surface area contributed by atoms with Gasteiger partial charge in [-0.25, -0.2) is 9.97 Å². The van der Waals surface area contributed by atoms with Crippen molar-refractivity contribution < 1.29 is 14.3 Å². The SMILES string of the molecule is O=C1COC2(CCCN(Cc3ccnc(N4CCOCC4)n3)CC2)CN1CCc1ccccc1. The molecule has 1 amide bonds. The van der Waals surface area contributed by atoms with Crippen molar-refractivity contribution in [3.8, 4) is 0 Å². The van der Waals surface area contributed by atoms with Crippen molar-refractivity contribution in [1.82, 2.24) is 19.8 Å². The van der Waals surface area contributed by atoms with Crippen LogP contribution in [0.3, 0.4) is 0 Å². The molecule has 34 heavy (non-hydrogen) atoms. The van der Waals surface area contributed by atoms with Crippen LogP contribution in [-0.4, -0.2) is 90.4 Å². The van der Waals surface area contributed by atoms with Crippen LogP contribution in [0.1, 0.15) is 30.5 Å². The van der Waals surface area contributed by atoms with Crippen molar-refractivity contribution in [3.05, 3.63) is 53.9 Å². The number of ether oxygens (including phenoxy) is 2. The van der Waals surface area contributed by atoms with Gasteiger partial charge in [0.2, 0.25) is 11.9 Å². The average Bonchev–Trinajstić information content (AvgIpc) is 3.08. The van der Waals surface area contributed by atoms with Crippen molar-refractivity contribution in [1.29, 1.82) is 0 Å². The zero-order valence-electron chi connectivity index (χ0n) is 19.9. The molecule has 3 aliphatic heterocycles. The predicted molar refractivity (Wildman–Crippen MR) is 130 cm³/mol. The van der Waals surface area contributed by atoms with Gasteiger partial charge in [-0.1, -0.05) is 30.3 Å². The smallest absolute Gasteiger partial charge is 0.248 e. The molecule has 8 nitrogen and oxygen atoms in total. The molecular weight excluding hydrogens is 430 g/mol. The normalized spacial score (nSPS) is 24.4. The van der Waals surface area contributed by atoms with Crippen molar-refractivity contribution in [2.75, 3.05) is 64.0 Å². The van der Waals surface area contributed by atoms with E-state index in [0.29, 0.717) is 6.54 Å². The van der Waals surface area contributed by atoms with Gasteiger partial charge in [0.05, 0.1) is 24.5 Å². The molecule has 1 aromatic carbocycles. The molecule has 3 saturated heterocycles. The quantitative estimate of drug-likeness (QED) is 0.647. The highest BCUT2D eigenvalue weighted by Crippen LogP contribution is 2.31. The molecule has 8 heteroatoms. The lowest BCUT2D eigenvalue weighted by Gasteiger charge is -2.42. The summed E-state index contributed by atoms with van der Waals surface area (Å²) in [5, 5.41) is 0. The highest BCUT2D eigenvalue weighted by molar-refractivity contribution is 5.78. The summed E-state index contributed by atoms with van der Waals surface area (Å²) in [5.41, 5.74) is 2.09. The summed E-state index contributed by atoms with van der Waals surface area (Å²) in [7, 11) is 0. The molecule has 1 atom stereocenters. The Morgan fingerprint density at radius 1 is 1.00 bits per heavy atom. The number of carbonyl (C=O) groups excluding carboxylic acids is 1. The minimum absolute atomic E-state index is 0.110. The van der Waals surface area contributed by atoms with E-state index >= 15 is 0 Å². The van der Waals surface area contributed by atoms with Crippen LogP contribution < -0.4 is 4.90 Å². The third kappa shape index (κ3) is 5.74. The summed E-state index contributed by atoms with van der Waals surface area (Å²) < 4.78 is 11.7. The molecule has 0 N–H and O–H groups in total. The fourth-order valence-corrected chi connectivity index (χ4v) is 5.20. The molecule has 1 unspecified atom stereocenters. The zero-order valence-corrected chi connectivity index (χ0v) is 19.9. The van der Waals surface area contributed by atoms with Gasteiger partial charge in [0.15, 0.2) is 0 Å². The third-order valence-electron chi connectivity index (χ3n) is 7.22. The number of hydrogen-bond acceptors (Lipinski definition) is 7. The Kier molecular flexibility index (Phi) is 7.37. The maximum atomic E-state index is 12.6. The number of likely N-dealkylation sites (tertiary alicyclic amines) is 1. The lowest BCUT2D eigenvalue weighted by atomic mass is 9.92. The molecule has 1 spiro atoms. The minimum atomic E-state index is -0.232. The van der Waals surface area contributed by atoms with Gasteiger partial charge >= 0.3 is 0 Å². The number of morpholine rings is 2. The molecule has 4 heterocycles. The highest BCUT2D eigenvalue weighted by atomic mass is 16.5. The number of rotatable bonds is 6. The van der Waals surface area contributed by atoms with E-state index < -0.39 is 0 Å². The molecule has 0 radical (unpaired) electrons. The fraction of sp³-hybridized carbons (Fsp3) is 0.577. The van der Waals surface area contributed by atoms with Crippen molar-refractivity contribution in [3.63, 3.8) is 0 Å². The molecular formula is C26H35N5O3. The molecule has 2 aromatic rings. The summed E-state index contributed by atoms with van der Waals surface area (Å²) in [5.74, 6) is 0.912. The Morgan fingerprint density at radius 2 is 1.85 bits per heavy atom. The summed E-state index contributed by atoms with van der Waals surface area (Å²) in [6, 6.07) is 12.4. The van der Waals surface area contributed by atoms with Gasteiger partial charge in [0.1, 0.15) is 6.61 Å². The Balaban J connectivity index is 1.17. The van der Waals surface area contributed by atoms with Crippen LogP contribution in [0.15, 0.2) is 42.6 Å². The van der Waals surface area contributed by atoms with Gasteiger partial charge < -0.3 is 19.3 Å². The molecule has 5 rings (SSSR count). The average molecular weight is 466 g/mol. The van der Waals surface area contributed by atoms with E-state index in [0.717, 1.165) is 89.8 Å². The van der Waals surface area contributed by atoms with Gasteiger partial charge in [0, 0.05) is 45.5 Å². The van der Waals surface area contributed by atoms with E-state index in [2.05, 4.69) is 39.0 Å². The second kappa shape index (κ2) is 10.8. The van der Waals surface area contributed by atoms with Crippen molar-refractivity contribution in [2.45, 2.75) is 37.8 Å². The first-order valence-electron chi connectivity index (χ1n) is 12.5. The number of hydrogen-bond donors (Lipinski definition) is 0. The van der Waals surface area contributed by atoms with Crippen LogP contribution in [0.5, 0.6) is 0 Å². The van der Waals surface area contributed by atoms with Crippen LogP contribution in [-0.2, 0) is 27.2 Å². The number of nitrogens with zero attached hydrogens (tertiary/aromatic N) is 5. The standard InChI is InChI=1S/C26H35N5O3/c32-24-20-34-26(21-31(24)13-8-22-5-2-1-3-6-22)9-4-12-29(14-10-26)19-23-7-11-27-25(28-23)30-15-17-33-18-16-30/h1-3,5-7,11H,4,8-10,12-21H2. The number of anilines is 1. The monoisotopic (exact) mass is 465 g/mol. The van der Waals surface area contributed by atoms with Gasteiger partial charge in [-0.05, 0) is 43.9 Å². The largest absolute Gasteiger partial charge is 0.378 e. The number of amides is 1. The minimum Gasteiger partial charge on any atom is -0.378 e.